The fraction of sp³-hybridized carbons (Fsp3) is 0.150. The van der Waals surface area contributed by atoms with Gasteiger partial charge in [0, 0.05) is 28.7 Å². The maximum Gasteiger partial charge on any atom is 0.293 e. The second kappa shape index (κ2) is 8.46. The second-order valence-corrected chi connectivity index (χ2v) is 6.91. The zero-order chi connectivity index (χ0) is 19.2. The summed E-state index contributed by atoms with van der Waals surface area (Å²) in [5.74, 6) is -0.222. The molecule has 0 spiro atoms. The first-order valence-electron chi connectivity index (χ1n) is 8.50. The normalized spacial score (nSPS) is 10.4. The molecule has 6 nitrogen and oxygen atoms in total. The van der Waals surface area contributed by atoms with Crippen LogP contribution >= 0.6 is 11.3 Å². The van der Waals surface area contributed by atoms with Crippen LogP contribution in [0.1, 0.15) is 22.2 Å². The van der Waals surface area contributed by atoms with Gasteiger partial charge in [-0.15, -0.1) is 11.3 Å². The molecule has 27 heavy (non-hydrogen) atoms. The van der Waals surface area contributed by atoms with Crippen molar-refractivity contribution < 1.29 is 9.72 Å². The molecule has 2 aromatic carbocycles. The van der Waals surface area contributed by atoms with Crippen LogP contribution in [0.5, 0.6) is 0 Å². The number of nitrogens with one attached hydrogen (secondary N) is 1. The van der Waals surface area contributed by atoms with E-state index in [1.807, 2.05) is 54.8 Å². The van der Waals surface area contributed by atoms with E-state index in [1.165, 1.54) is 6.07 Å². The third-order valence-electron chi connectivity index (χ3n) is 4.09. The summed E-state index contributed by atoms with van der Waals surface area (Å²) in [6.45, 7) is 2.91. The van der Waals surface area contributed by atoms with E-state index in [2.05, 4.69) is 5.32 Å². The smallest absolute Gasteiger partial charge is 0.293 e. The van der Waals surface area contributed by atoms with Gasteiger partial charge in [0.25, 0.3) is 11.6 Å². The largest absolute Gasteiger partial charge is 0.350 e. The van der Waals surface area contributed by atoms with E-state index in [-0.39, 0.29) is 11.6 Å². The standard InChI is InChI=1S/C20H19N3O3S/c1-2-22(14-17-9-6-12-27-17)20(24)15-10-11-18(19(13-15)23(25)26)21-16-7-4-3-5-8-16/h3-13,21H,2,14H2,1H3. The molecule has 0 bridgehead atoms. The van der Waals surface area contributed by atoms with Gasteiger partial charge in [-0.25, -0.2) is 0 Å². The minimum Gasteiger partial charge on any atom is -0.350 e. The van der Waals surface area contributed by atoms with E-state index in [4.69, 9.17) is 0 Å². The number of nitrogens with zero attached hydrogens (tertiary/aromatic N) is 2. The summed E-state index contributed by atoms with van der Waals surface area (Å²) in [5, 5.41) is 16.5. The molecular weight excluding hydrogens is 362 g/mol. The number of hydrogen-bond donors (Lipinski definition) is 1. The van der Waals surface area contributed by atoms with Gasteiger partial charge in [0.2, 0.25) is 0 Å². The predicted octanol–water partition coefficient (Wildman–Crippen LogP) is 5.06. The van der Waals surface area contributed by atoms with Gasteiger partial charge in [-0.1, -0.05) is 24.3 Å². The highest BCUT2D eigenvalue weighted by atomic mass is 32.1. The summed E-state index contributed by atoms with van der Waals surface area (Å²) in [5.41, 5.74) is 1.27. The molecule has 0 aliphatic heterocycles. The van der Waals surface area contributed by atoms with Crippen molar-refractivity contribution in [2.45, 2.75) is 13.5 Å². The predicted molar refractivity (Wildman–Crippen MR) is 108 cm³/mol. The van der Waals surface area contributed by atoms with Crippen molar-refractivity contribution in [3.63, 3.8) is 0 Å². The number of benzene rings is 2. The Labute approximate surface area is 161 Å². The van der Waals surface area contributed by atoms with Gasteiger partial charge in [0.15, 0.2) is 0 Å². The van der Waals surface area contributed by atoms with Crippen molar-refractivity contribution in [2.24, 2.45) is 0 Å². The van der Waals surface area contributed by atoms with E-state index in [0.717, 1.165) is 10.6 Å². The molecule has 0 aliphatic rings. The average Bonchev–Trinajstić information content (AvgIpc) is 3.20. The number of carbonyl (C=O) groups is 1. The van der Waals surface area contributed by atoms with Crippen molar-refractivity contribution >= 4 is 34.3 Å². The molecule has 1 aromatic heterocycles. The number of rotatable bonds is 7. The van der Waals surface area contributed by atoms with Crippen molar-refractivity contribution in [3.8, 4) is 0 Å². The fourth-order valence-corrected chi connectivity index (χ4v) is 3.42. The molecule has 3 aromatic rings. The average molecular weight is 381 g/mol. The van der Waals surface area contributed by atoms with Crippen LogP contribution in [0.3, 0.4) is 0 Å². The number of amides is 1. The Morgan fingerprint density at radius 2 is 1.93 bits per heavy atom. The Bertz CT molecular complexity index is 927. The van der Waals surface area contributed by atoms with Crippen LogP contribution in [-0.2, 0) is 6.54 Å². The third-order valence-corrected chi connectivity index (χ3v) is 4.95. The molecule has 0 radical (unpaired) electrons. The molecule has 1 amide bonds. The molecule has 0 unspecified atom stereocenters. The molecule has 0 saturated carbocycles. The van der Waals surface area contributed by atoms with Crippen LogP contribution in [0, 0.1) is 10.1 Å². The summed E-state index contributed by atoms with van der Waals surface area (Å²) in [6.07, 6.45) is 0. The van der Waals surface area contributed by atoms with E-state index < -0.39 is 4.92 Å². The van der Waals surface area contributed by atoms with E-state index in [0.29, 0.717) is 24.3 Å². The number of hydrogen-bond acceptors (Lipinski definition) is 5. The van der Waals surface area contributed by atoms with Crippen LogP contribution < -0.4 is 5.32 Å². The maximum absolute atomic E-state index is 12.8. The minimum atomic E-state index is -0.475. The number of nitro benzene ring substituents is 1. The molecule has 3 rings (SSSR count). The maximum atomic E-state index is 12.8. The second-order valence-electron chi connectivity index (χ2n) is 5.88. The highest BCUT2D eigenvalue weighted by Gasteiger charge is 2.21. The van der Waals surface area contributed by atoms with Gasteiger partial charge in [-0.05, 0) is 42.6 Å². The topological polar surface area (TPSA) is 75.5 Å². The first-order chi connectivity index (χ1) is 13.1. The molecular formula is C20H19N3O3S. The van der Waals surface area contributed by atoms with E-state index in [1.54, 1.807) is 28.4 Å². The van der Waals surface area contributed by atoms with Crippen molar-refractivity contribution in [1.29, 1.82) is 0 Å². The van der Waals surface area contributed by atoms with Crippen LogP contribution in [0.25, 0.3) is 0 Å². The number of nitro groups is 1. The highest BCUT2D eigenvalue weighted by molar-refractivity contribution is 7.09. The number of carbonyl (C=O) groups excluding carboxylic acids is 1. The first kappa shape index (κ1) is 18.6. The summed E-state index contributed by atoms with van der Waals surface area (Å²) >= 11 is 1.58. The summed E-state index contributed by atoms with van der Waals surface area (Å²) in [4.78, 5) is 26.6. The first-order valence-corrected chi connectivity index (χ1v) is 9.38. The molecule has 0 aliphatic carbocycles. The Balaban J connectivity index is 1.86. The van der Waals surface area contributed by atoms with Crippen LogP contribution in [0.4, 0.5) is 17.1 Å². The van der Waals surface area contributed by atoms with Gasteiger partial charge < -0.3 is 10.2 Å². The van der Waals surface area contributed by atoms with E-state index in [9.17, 15) is 14.9 Å². The van der Waals surface area contributed by atoms with Crippen LogP contribution in [-0.4, -0.2) is 22.3 Å². The van der Waals surface area contributed by atoms with Gasteiger partial charge in [-0.3, -0.25) is 14.9 Å². The zero-order valence-corrected chi connectivity index (χ0v) is 15.6. The molecule has 1 N–H and O–H groups in total. The molecule has 1 heterocycles. The number of thiophene rings is 1. The quantitative estimate of drug-likeness (QED) is 0.458. The minimum absolute atomic E-state index is 0.128. The molecule has 138 valence electrons. The SMILES string of the molecule is CCN(Cc1cccs1)C(=O)c1ccc(Nc2ccccc2)c([N+](=O)[O-])c1. The lowest BCUT2D eigenvalue weighted by Crippen LogP contribution is -2.30. The lowest BCUT2D eigenvalue weighted by molar-refractivity contribution is -0.383. The van der Waals surface area contributed by atoms with Crippen molar-refractivity contribution in [3.05, 3.63) is 86.6 Å². The van der Waals surface area contributed by atoms with Gasteiger partial charge in [0.1, 0.15) is 5.69 Å². The van der Waals surface area contributed by atoms with Gasteiger partial charge >= 0.3 is 0 Å². The molecule has 7 heteroatoms. The summed E-state index contributed by atoms with van der Waals surface area (Å²) < 4.78 is 0. The lowest BCUT2D eigenvalue weighted by atomic mass is 10.1. The zero-order valence-electron chi connectivity index (χ0n) is 14.8. The van der Waals surface area contributed by atoms with Crippen LogP contribution in [0.2, 0.25) is 0 Å². The summed E-state index contributed by atoms with van der Waals surface area (Å²) in [7, 11) is 0. The number of para-hydroxylation sites is 1. The van der Waals surface area contributed by atoms with Gasteiger partial charge in [-0.2, -0.15) is 0 Å². The van der Waals surface area contributed by atoms with Crippen LogP contribution in [0.15, 0.2) is 66.0 Å². The third kappa shape index (κ3) is 4.51. The Morgan fingerprint density at radius 1 is 1.15 bits per heavy atom. The Morgan fingerprint density at radius 3 is 2.56 bits per heavy atom. The Kier molecular flexibility index (Phi) is 5.83. The number of anilines is 2. The molecule has 0 fully saturated rings. The van der Waals surface area contributed by atoms with Crippen molar-refractivity contribution in [1.82, 2.24) is 4.90 Å². The van der Waals surface area contributed by atoms with Crippen molar-refractivity contribution in [2.75, 3.05) is 11.9 Å². The molecule has 0 atom stereocenters. The van der Waals surface area contributed by atoms with Gasteiger partial charge in [0.05, 0.1) is 11.5 Å². The summed E-state index contributed by atoms with van der Waals surface area (Å²) in [6, 6.07) is 17.6. The highest BCUT2D eigenvalue weighted by Crippen LogP contribution is 2.29. The Hall–Kier alpha value is -3.19. The lowest BCUT2D eigenvalue weighted by Gasteiger charge is -2.20. The molecule has 0 saturated heterocycles. The monoisotopic (exact) mass is 381 g/mol. The fourth-order valence-electron chi connectivity index (χ4n) is 2.70. The van der Waals surface area contributed by atoms with E-state index >= 15 is 0 Å².